The van der Waals surface area contributed by atoms with Gasteiger partial charge in [0.1, 0.15) is 23.2 Å². The van der Waals surface area contributed by atoms with Crippen molar-refractivity contribution in [2.45, 2.75) is 47.5 Å². The summed E-state index contributed by atoms with van der Waals surface area (Å²) in [5, 5.41) is 10.2. The van der Waals surface area contributed by atoms with Gasteiger partial charge in [-0.25, -0.2) is 9.97 Å². The van der Waals surface area contributed by atoms with E-state index < -0.39 is 0 Å². The Hall–Kier alpha value is -3.42. The summed E-state index contributed by atoms with van der Waals surface area (Å²) in [6.45, 7) is 11.6. The number of carbonyl (C=O) groups is 1. The summed E-state index contributed by atoms with van der Waals surface area (Å²) in [7, 11) is 0. The minimum Gasteiger partial charge on any atom is -0.361 e. The van der Waals surface area contributed by atoms with E-state index in [0.717, 1.165) is 53.1 Å². The highest BCUT2D eigenvalue weighted by Crippen LogP contribution is 2.22. The quantitative estimate of drug-likeness (QED) is 0.522. The van der Waals surface area contributed by atoms with Gasteiger partial charge >= 0.3 is 0 Å². The van der Waals surface area contributed by atoms with E-state index in [1.807, 2.05) is 51.1 Å². The van der Waals surface area contributed by atoms with E-state index >= 15 is 0 Å². The van der Waals surface area contributed by atoms with Gasteiger partial charge in [-0.3, -0.25) is 4.79 Å². The number of hydrogen-bond donors (Lipinski definition) is 2. The number of aromatic nitrogens is 3. The lowest BCUT2D eigenvalue weighted by atomic mass is 10.1. The zero-order valence-electron chi connectivity index (χ0n) is 18.8. The molecule has 0 atom stereocenters. The summed E-state index contributed by atoms with van der Waals surface area (Å²) in [5.74, 6) is 3.09. The first-order chi connectivity index (χ1) is 14.9. The zero-order valence-corrected chi connectivity index (χ0v) is 18.8. The first-order valence-electron chi connectivity index (χ1n) is 10.6. The van der Waals surface area contributed by atoms with Crippen molar-refractivity contribution in [3.8, 4) is 0 Å². The molecule has 2 aromatic heterocycles. The third-order valence-corrected chi connectivity index (χ3v) is 5.14. The molecular formula is C23H30N6O2. The number of aryl methyl sites for hydroxylation is 3. The van der Waals surface area contributed by atoms with Gasteiger partial charge in [-0.1, -0.05) is 5.16 Å². The van der Waals surface area contributed by atoms with Crippen LogP contribution < -0.4 is 15.5 Å². The molecule has 2 N–H and O–H groups in total. The second kappa shape index (κ2) is 10.1. The summed E-state index contributed by atoms with van der Waals surface area (Å²) in [6.07, 6.45) is 0.978. The number of hydrogen-bond acceptors (Lipinski definition) is 7. The Balaban J connectivity index is 1.59. The molecule has 2 heterocycles. The molecule has 1 aromatic carbocycles. The van der Waals surface area contributed by atoms with Crippen LogP contribution in [0.3, 0.4) is 0 Å². The molecule has 164 valence electrons. The molecule has 3 rings (SSSR count). The third-order valence-electron chi connectivity index (χ3n) is 5.14. The Kier molecular flexibility index (Phi) is 7.23. The van der Waals surface area contributed by atoms with Gasteiger partial charge < -0.3 is 20.1 Å². The minimum absolute atomic E-state index is 0.0454. The van der Waals surface area contributed by atoms with Gasteiger partial charge in [-0.15, -0.1) is 0 Å². The lowest BCUT2D eigenvalue weighted by Gasteiger charge is -2.20. The van der Waals surface area contributed by atoms with Crippen LogP contribution in [0.4, 0.5) is 23.0 Å². The van der Waals surface area contributed by atoms with Crippen LogP contribution in [-0.2, 0) is 11.2 Å². The molecule has 0 fully saturated rings. The molecule has 0 radical (unpaired) electrons. The monoisotopic (exact) mass is 422 g/mol. The fraction of sp³-hybridized carbons (Fsp3) is 0.391. The molecule has 0 aliphatic rings. The maximum atomic E-state index is 12.3. The van der Waals surface area contributed by atoms with Crippen molar-refractivity contribution in [1.29, 1.82) is 0 Å². The number of benzene rings is 1. The molecule has 0 bridgehead atoms. The van der Waals surface area contributed by atoms with Gasteiger partial charge in [-0.05, 0) is 65.3 Å². The molecule has 0 saturated carbocycles. The van der Waals surface area contributed by atoms with Crippen molar-refractivity contribution in [2.24, 2.45) is 0 Å². The average Bonchev–Trinajstić information content (AvgIpc) is 3.06. The summed E-state index contributed by atoms with van der Waals surface area (Å²) in [6, 6.07) is 9.52. The van der Waals surface area contributed by atoms with E-state index in [2.05, 4.69) is 44.5 Å². The summed E-state index contributed by atoms with van der Waals surface area (Å²) in [4.78, 5) is 23.5. The molecule has 3 aromatic rings. The highest BCUT2D eigenvalue weighted by molar-refractivity contribution is 5.91. The zero-order chi connectivity index (χ0) is 22.4. The van der Waals surface area contributed by atoms with E-state index in [-0.39, 0.29) is 5.91 Å². The number of nitrogens with zero attached hydrogens (tertiary/aromatic N) is 4. The molecular weight excluding hydrogens is 392 g/mol. The second-order valence-electron chi connectivity index (χ2n) is 7.38. The van der Waals surface area contributed by atoms with Crippen molar-refractivity contribution < 1.29 is 9.32 Å². The minimum atomic E-state index is -0.0454. The molecule has 0 saturated heterocycles. The van der Waals surface area contributed by atoms with Crippen LogP contribution in [-0.4, -0.2) is 34.1 Å². The van der Waals surface area contributed by atoms with Gasteiger partial charge in [0.05, 0.1) is 5.69 Å². The number of carbonyl (C=O) groups excluding carboxylic acids is 1. The average molecular weight is 423 g/mol. The summed E-state index contributed by atoms with van der Waals surface area (Å²) < 4.78 is 5.15. The predicted molar refractivity (Wildman–Crippen MR) is 123 cm³/mol. The molecule has 1 amide bonds. The van der Waals surface area contributed by atoms with Crippen LogP contribution in [0.25, 0.3) is 0 Å². The lowest BCUT2D eigenvalue weighted by Crippen LogP contribution is -2.23. The van der Waals surface area contributed by atoms with Crippen LogP contribution in [0.5, 0.6) is 0 Å². The Bertz CT molecular complexity index is 1010. The fourth-order valence-electron chi connectivity index (χ4n) is 3.43. The maximum absolute atomic E-state index is 12.3. The van der Waals surface area contributed by atoms with Crippen LogP contribution in [0, 0.1) is 20.8 Å². The Labute approximate surface area is 183 Å². The second-order valence-corrected chi connectivity index (χ2v) is 7.38. The third kappa shape index (κ3) is 5.81. The number of rotatable bonds is 9. The summed E-state index contributed by atoms with van der Waals surface area (Å²) >= 11 is 0. The van der Waals surface area contributed by atoms with Crippen molar-refractivity contribution in [3.05, 3.63) is 53.2 Å². The van der Waals surface area contributed by atoms with Crippen LogP contribution in [0.1, 0.15) is 43.1 Å². The SMILES string of the molecule is CCN(CC)c1cc(Nc2ccc(NC(=O)CCc3c(C)noc3C)cc2)nc(C)n1. The first kappa shape index (κ1) is 22.3. The molecule has 0 unspecified atom stereocenters. The molecule has 8 nitrogen and oxygen atoms in total. The topological polar surface area (TPSA) is 96.2 Å². The van der Waals surface area contributed by atoms with E-state index in [0.29, 0.717) is 18.7 Å². The highest BCUT2D eigenvalue weighted by atomic mass is 16.5. The van der Waals surface area contributed by atoms with Gasteiger partial charge in [0, 0.05) is 42.5 Å². The number of amides is 1. The number of anilines is 4. The van der Waals surface area contributed by atoms with Crippen LogP contribution >= 0.6 is 0 Å². The van der Waals surface area contributed by atoms with E-state index in [4.69, 9.17) is 4.52 Å². The largest absolute Gasteiger partial charge is 0.361 e. The lowest BCUT2D eigenvalue weighted by molar-refractivity contribution is -0.116. The van der Waals surface area contributed by atoms with E-state index in [9.17, 15) is 4.79 Å². The molecule has 0 aliphatic carbocycles. The Morgan fingerprint density at radius 3 is 2.32 bits per heavy atom. The normalized spacial score (nSPS) is 10.7. The molecule has 8 heteroatoms. The molecule has 0 aliphatic heterocycles. The van der Waals surface area contributed by atoms with Gasteiger partial charge in [0.2, 0.25) is 5.91 Å². The molecule has 0 spiro atoms. The molecule has 31 heavy (non-hydrogen) atoms. The van der Waals surface area contributed by atoms with Crippen molar-refractivity contribution in [3.63, 3.8) is 0 Å². The van der Waals surface area contributed by atoms with Gasteiger partial charge in [0.15, 0.2) is 0 Å². The van der Waals surface area contributed by atoms with Crippen molar-refractivity contribution in [2.75, 3.05) is 28.6 Å². The fourth-order valence-corrected chi connectivity index (χ4v) is 3.43. The Morgan fingerprint density at radius 1 is 1.03 bits per heavy atom. The van der Waals surface area contributed by atoms with E-state index in [1.54, 1.807) is 0 Å². The Morgan fingerprint density at radius 2 is 1.71 bits per heavy atom. The van der Waals surface area contributed by atoms with Gasteiger partial charge in [-0.2, -0.15) is 0 Å². The number of nitrogens with one attached hydrogen (secondary N) is 2. The van der Waals surface area contributed by atoms with Crippen molar-refractivity contribution in [1.82, 2.24) is 15.1 Å². The highest BCUT2D eigenvalue weighted by Gasteiger charge is 2.12. The van der Waals surface area contributed by atoms with Crippen LogP contribution in [0.2, 0.25) is 0 Å². The van der Waals surface area contributed by atoms with Crippen molar-refractivity contribution >= 4 is 28.9 Å². The summed E-state index contributed by atoms with van der Waals surface area (Å²) in [5.41, 5.74) is 3.47. The first-order valence-corrected chi connectivity index (χ1v) is 10.6. The standard InChI is InChI=1S/C23H30N6O2/c1-6-29(7-2)22-14-21(24-17(5)25-22)26-18-8-10-19(11-9-18)27-23(30)13-12-20-15(3)28-31-16(20)4/h8-11,14H,6-7,12-13H2,1-5H3,(H,27,30)(H,24,25,26). The maximum Gasteiger partial charge on any atom is 0.224 e. The van der Waals surface area contributed by atoms with Gasteiger partial charge in [0.25, 0.3) is 0 Å². The van der Waals surface area contributed by atoms with E-state index in [1.165, 1.54) is 0 Å². The predicted octanol–water partition coefficient (Wildman–Crippen LogP) is 4.55. The van der Waals surface area contributed by atoms with Crippen LogP contribution in [0.15, 0.2) is 34.9 Å². The smallest absolute Gasteiger partial charge is 0.224 e.